The normalized spacial score (nSPS) is 21.6. The SMILES string of the molecule is CCOC(=O)[C@H](C)NP(=O)(OCCNC(=O)CCl)PP(=O)(O)PC[C@@H]1CC[C@H](n2cnc3c(=O)[nH]c(N)nc32)O1. The predicted octanol–water partition coefficient (Wildman–Crippen LogP) is 1.86. The number of imidazole rings is 1. The summed E-state index contributed by atoms with van der Waals surface area (Å²) in [6, 6.07) is -1.07. The van der Waals surface area contributed by atoms with Gasteiger partial charge in [0.2, 0.25) is 18.6 Å². The lowest BCUT2D eigenvalue weighted by Gasteiger charge is -2.25. The third-order valence-corrected chi connectivity index (χ3v) is 21.7. The second kappa shape index (κ2) is 14.6. The number of nitrogens with one attached hydrogen (secondary N) is 3. The summed E-state index contributed by atoms with van der Waals surface area (Å²) in [6.45, 7) is -1.17. The summed E-state index contributed by atoms with van der Waals surface area (Å²) in [4.78, 5) is 56.8. The molecule has 6 N–H and O–H groups in total. The molecule has 3 heterocycles. The van der Waals surface area contributed by atoms with Crippen LogP contribution in [0.1, 0.15) is 32.9 Å². The van der Waals surface area contributed by atoms with E-state index in [9.17, 15) is 28.4 Å². The molecular formula is C19H32ClN7O9P4. The van der Waals surface area contributed by atoms with Gasteiger partial charge in [0.05, 0.1) is 33.6 Å². The van der Waals surface area contributed by atoms with Gasteiger partial charge in [0.1, 0.15) is 18.1 Å². The molecule has 0 aliphatic carbocycles. The van der Waals surface area contributed by atoms with E-state index in [0.717, 1.165) is 0 Å². The summed E-state index contributed by atoms with van der Waals surface area (Å²) in [5.41, 5.74) is 5.56. The molecule has 1 fully saturated rings. The fourth-order valence-corrected chi connectivity index (χ4v) is 21.2. The highest BCUT2D eigenvalue weighted by atomic mass is 35.5. The maximum Gasteiger partial charge on any atom is 0.323 e. The van der Waals surface area contributed by atoms with Gasteiger partial charge in [-0.2, -0.15) is 4.98 Å². The Morgan fingerprint density at radius 2 is 2.17 bits per heavy atom. The fourth-order valence-electron chi connectivity index (χ4n) is 3.72. The van der Waals surface area contributed by atoms with Crippen molar-refractivity contribution in [3.8, 4) is 0 Å². The van der Waals surface area contributed by atoms with Crippen molar-refractivity contribution >= 4 is 70.8 Å². The predicted molar refractivity (Wildman–Crippen MR) is 154 cm³/mol. The minimum atomic E-state index is -4.01. The number of nitrogens with zero attached hydrogens (tertiary/aromatic N) is 3. The first-order chi connectivity index (χ1) is 18.9. The van der Waals surface area contributed by atoms with Gasteiger partial charge >= 0.3 is 5.97 Å². The van der Waals surface area contributed by atoms with E-state index < -0.39 is 59.9 Å². The van der Waals surface area contributed by atoms with E-state index in [1.54, 1.807) is 11.5 Å². The van der Waals surface area contributed by atoms with Gasteiger partial charge < -0.3 is 29.9 Å². The number of nitrogen functional groups attached to an aromatic ring is 1. The van der Waals surface area contributed by atoms with Crippen molar-refractivity contribution in [1.82, 2.24) is 29.9 Å². The number of hydrogen-bond acceptors (Lipinski definition) is 11. The van der Waals surface area contributed by atoms with E-state index in [0.29, 0.717) is 12.8 Å². The van der Waals surface area contributed by atoms with Crippen LogP contribution in [-0.2, 0) is 32.7 Å². The number of anilines is 1. The van der Waals surface area contributed by atoms with Gasteiger partial charge in [-0.1, -0.05) is 0 Å². The number of hydrogen-bond donors (Lipinski definition) is 5. The molecule has 0 saturated carbocycles. The Morgan fingerprint density at radius 1 is 1.43 bits per heavy atom. The van der Waals surface area contributed by atoms with Crippen LogP contribution < -0.4 is 21.7 Å². The number of carbonyl (C=O) groups excluding carboxylic acids is 2. The first-order valence-corrected chi connectivity index (χ1v) is 20.7. The van der Waals surface area contributed by atoms with Gasteiger partial charge in [0, 0.05) is 12.7 Å². The summed E-state index contributed by atoms with van der Waals surface area (Å²) < 4.78 is 44.7. The number of carbonyl (C=O) groups is 2. The van der Waals surface area contributed by atoms with Gasteiger partial charge in [0.15, 0.2) is 11.2 Å². The maximum absolute atomic E-state index is 13.6. The van der Waals surface area contributed by atoms with Crippen LogP contribution >= 0.6 is 41.8 Å². The largest absolute Gasteiger partial charge is 0.465 e. The van der Waals surface area contributed by atoms with Gasteiger partial charge in [-0.05, 0) is 35.0 Å². The number of ether oxygens (including phenoxy) is 2. The molecule has 4 unspecified atom stereocenters. The maximum atomic E-state index is 13.6. The molecule has 21 heteroatoms. The second-order valence-corrected chi connectivity index (χ2v) is 22.6. The lowest BCUT2D eigenvalue weighted by Crippen LogP contribution is -2.33. The average Bonchev–Trinajstić information content (AvgIpc) is 3.52. The van der Waals surface area contributed by atoms with E-state index in [4.69, 9.17) is 31.3 Å². The van der Waals surface area contributed by atoms with E-state index in [-0.39, 0.29) is 55.0 Å². The van der Waals surface area contributed by atoms with Gasteiger partial charge in [-0.3, -0.25) is 33.1 Å². The van der Waals surface area contributed by atoms with Crippen LogP contribution in [0.4, 0.5) is 5.95 Å². The van der Waals surface area contributed by atoms with Crippen molar-refractivity contribution in [1.29, 1.82) is 0 Å². The quantitative estimate of drug-likeness (QED) is 0.0795. The number of esters is 1. The highest BCUT2D eigenvalue weighted by Gasteiger charge is 2.38. The van der Waals surface area contributed by atoms with Crippen LogP contribution in [0.5, 0.6) is 0 Å². The van der Waals surface area contributed by atoms with Crippen LogP contribution in [0, 0.1) is 0 Å². The number of rotatable bonds is 15. The Bertz CT molecular complexity index is 1360. The molecule has 1 amide bonds. The molecule has 0 aromatic carbocycles. The first-order valence-electron chi connectivity index (χ1n) is 12.1. The number of nitrogens with two attached hydrogens (primary N) is 1. The number of alkyl halides is 1. The zero-order chi connectivity index (χ0) is 29.5. The highest BCUT2D eigenvalue weighted by molar-refractivity contribution is 8.69. The summed E-state index contributed by atoms with van der Waals surface area (Å²) in [6.07, 6.45) is 1.85. The molecule has 1 aliphatic heterocycles. The number of aromatic amines is 1. The Hall–Kier alpha value is -1.46. The van der Waals surface area contributed by atoms with Crippen LogP contribution in [0.15, 0.2) is 11.1 Å². The van der Waals surface area contributed by atoms with Crippen molar-refractivity contribution in [2.75, 3.05) is 37.5 Å². The van der Waals surface area contributed by atoms with Crippen LogP contribution in [0.3, 0.4) is 0 Å². The van der Waals surface area contributed by atoms with Crippen LogP contribution in [0.2, 0.25) is 0 Å². The average molecular weight is 662 g/mol. The van der Waals surface area contributed by atoms with Crippen molar-refractivity contribution in [2.24, 2.45) is 0 Å². The Kier molecular flexibility index (Phi) is 12.1. The Labute approximate surface area is 237 Å². The molecule has 40 heavy (non-hydrogen) atoms. The standard InChI is InChI=1S/C19H32ClN7O9P4/c1-3-34-18(30)11(2)26-39(31,35-7-6-22-13(28)8-20)38-40(32,33)37-9-12-4-5-14(36-12)27-10-23-15-16(27)24-19(21)25-17(15)29/h10-12,14,37-38H,3-9H2,1-2H3,(H,22,28)(H,26,31)(H,32,33)(H3,21,24,25,29)/t11-,12-,14+,39?/m0/s1. The van der Waals surface area contributed by atoms with E-state index in [2.05, 4.69) is 25.4 Å². The molecule has 7 atom stereocenters. The van der Waals surface area contributed by atoms with Gasteiger partial charge in [-0.25, -0.2) is 10.1 Å². The zero-order valence-corrected chi connectivity index (χ0v) is 26.2. The van der Waals surface area contributed by atoms with Crippen molar-refractivity contribution in [3.05, 3.63) is 16.7 Å². The number of halogens is 1. The number of fused-ring (bicyclic) bond motifs is 1. The van der Waals surface area contributed by atoms with Crippen LogP contribution in [-0.4, -0.2) is 80.2 Å². The van der Waals surface area contributed by atoms with E-state index in [1.165, 1.54) is 13.3 Å². The van der Waals surface area contributed by atoms with Crippen LogP contribution in [0.25, 0.3) is 11.2 Å². The minimum Gasteiger partial charge on any atom is -0.465 e. The lowest BCUT2D eigenvalue weighted by molar-refractivity contribution is -0.144. The molecule has 0 spiro atoms. The third-order valence-electron chi connectivity index (χ3n) is 5.47. The molecule has 16 nitrogen and oxygen atoms in total. The fraction of sp³-hybridized carbons (Fsp3) is 0.632. The number of aromatic nitrogens is 4. The summed E-state index contributed by atoms with van der Waals surface area (Å²) >= 11 is 5.43. The van der Waals surface area contributed by atoms with E-state index in [1.807, 2.05) is 0 Å². The molecular weight excluding hydrogens is 630 g/mol. The summed E-state index contributed by atoms with van der Waals surface area (Å²) in [7, 11) is -5.59. The number of H-pyrrole nitrogens is 1. The minimum absolute atomic E-state index is 0.0416. The van der Waals surface area contributed by atoms with Crippen molar-refractivity contribution < 1.29 is 37.6 Å². The summed E-state index contributed by atoms with van der Waals surface area (Å²) in [5.74, 6) is -1.49. The topological polar surface area (TPSA) is 230 Å². The molecule has 224 valence electrons. The molecule has 2 aromatic rings. The lowest BCUT2D eigenvalue weighted by atomic mass is 10.2. The van der Waals surface area contributed by atoms with Gasteiger partial charge in [-0.15, -0.1) is 11.6 Å². The Balaban J connectivity index is 1.62. The zero-order valence-electron chi connectivity index (χ0n) is 21.7. The first kappa shape index (κ1) is 33.0. The third kappa shape index (κ3) is 9.28. The van der Waals surface area contributed by atoms with Crippen molar-refractivity contribution in [3.63, 3.8) is 0 Å². The molecule has 2 aromatic heterocycles. The Morgan fingerprint density at radius 3 is 2.88 bits per heavy atom. The van der Waals surface area contributed by atoms with Gasteiger partial charge in [0.25, 0.3) is 12.8 Å². The molecule has 1 aliphatic rings. The second-order valence-electron chi connectivity index (χ2n) is 8.57. The molecule has 3 rings (SSSR count). The smallest absolute Gasteiger partial charge is 0.323 e. The van der Waals surface area contributed by atoms with Crippen molar-refractivity contribution in [2.45, 2.75) is 45.1 Å². The monoisotopic (exact) mass is 661 g/mol. The molecule has 0 radical (unpaired) electrons. The van der Waals surface area contributed by atoms with E-state index >= 15 is 0 Å². The number of amides is 1. The molecule has 1 saturated heterocycles. The molecule has 0 bridgehead atoms. The highest BCUT2D eigenvalue weighted by Crippen LogP contribution is 2.87. The summed E-state index contributed by atoms with van der Waals surface area (Å²) in [5, 5.41) is 4.98.